The standard InChI is InChI=1S/C8H7BrClF2NO/c1-14-8-5(7(11)12)6(9)4(2-10)3-13-8/h3,7H,2H2,1H3. The van der Waals surface area contributed by atoms with Gasteiger partial charge in [0.1, 0.15) is 0 Å². The van der Waals surface area contributed by atoms with E-state index < -0.39 is 6.43 Å². The van der Waals surface area contributed by atoms with E-state index in [1.165, 1.54) is 13.3 Å². The molecular weight excluding hydrogens is 279 g/mol. The molecule has 2 nitrogen and oxygen atoms in total. The molecule has 0 saturated heterocycles. The van der Waals surface area contributed by atoms with Gasteiger partial charge in [-0.15, -0.1) is 11.6 Å². The van der Waals surface area contributed by atoms with Gasteiger partial charge in [-0.1, -0.05) is 0 Å². The molecule has 0 saturated carbocycles. The lowest BCUT2D eigenvalue weighted by Crippen LogP contribution is -1.99. The molecule has 0 aliphatic rings. The fraction of sp³-hybridized carbons (Fsp3) is 0.375. The number of alkyl halides is 3. The molecule has 0 fully saturated rings. The Morgan fingerprint density at radius 2 is 2.29 bits per heavy atom. The summed E-state index contributed by atoms with van der Waals surface area (Å²) in [6.07, 6.45) is -1.24. The summed E-state index contributed by atoms with van der Waals surface area (Å²) in [5, 5.41) is 0. The van der Waals surface area contributed by atoms with Crippen LogP contribution in [0.5, 0.6) is 5.88 Å². The van der Waals surface area contributed by atoms with Crippen LogP contribution in [-0.2, 0) is 5.88 Å². The van der Waals surface area contributed by atoms with Crippen molar-refractivity contribution in [2.45, 2.75) is 12.3 Å². The van der Waals surface area contributed by atoms with Gasteiger partial charge >= 0.3 is 0 Å². The van der Waals surface area contributed by atoms with Crippen LogP contribution in [0, 0.1) is 0 Å². The van der Waals surface area contributed by atoms with E-state index >= 15 is 0 Å². The van der Waals surface area contributed by atoms with Crippen LogP contribution in [0.15, 0.2) is 10.7 Å². The summed E-state index contributed by atoms with van der Waals surface area (Å²) >= 11 is 8.60. The SMILES string of the molecule is COc1ncc(CCl)c(Br)c1C(F)F. The van der Waals surface area contributed by atoms with Crippen molar-refractivity contribution in [2.75, 3.05) is 7.11 Å². The highest BCUT2D eigenvalue weighted by Crippen LogP contribution is 2.36. The third-order valence-electron chi connectivity index (χ3n) is 1.64. The summed E-state index contributed by atoms with van der Waals surface area (Å²) in [4.78, 5) is 3.73. The van der Waals surface area contributed by atoms with Crippen LogP contribution in [0.2, 0.25) is 0 Å². The van der Waals surface area contributed by atoms with Gasteiger partial charge in [0, 0.05) is 16.2 Å². The Morgan fingerprint density at radius 3 is 2.71 bits per heavy atom. The van der Waals surface area contributed by atoms with Crippen molar-refractivity contribution < 1.29 is 13.5 Å². The predicted molar refractivity (Wildman–Crippen MR) is 53.0 cm³/mol. The van der Waals surface area contributed by atoms with Gasteiger partial charge in [0.25, 0.3) is 6.43 Å². The van der Waals surface area contributed by atoms with Gasteiger partial charge in [-0.2, -0.15) is 0 Å². The first kappa shape index (κ1) is 11.7. The molecule has 0 aromatic carbocycles. The molecule has 0 radical (unpaired) electrons. The van der Waals surface area contributed by atoms with E-state index in [9.17, 15) is 8.78 Å². The van der Waals surface area contributed by atoms with Crippen molar-refractivity contribution in [1.82, 2.24) is 4.98 Å². The summed E-state index contributed by atoms with van der Waals surface area (Å²) in [6.45, 7) is 0. The van der Waals surface area contributed by atoms with Crippen molar-refractivity contribution >= 4 is 27.5 Å². The number of hydrogen-bond acceptors (Lipinski definition) is 2. The smallest absolute Gasteiger partial charge is 0.270 e. The van der Waals surface area contributed by atoms with E-state index in [1.54, 1.807) is 0 Å². The molecule has 0 atom stereocenters. The molecule has 1 aromatic rings. The Morgan fingerprint density at radius 1 is 1.64 bits per heavy atom. The monoisotopic (exact) mass is 285 g/mol. The minimum Gasteiger partial charge on any atom is -0.481 e. The maximum atomic E-state index is 12.6. The number of nitrogens with zero attached hydrogens (tertiary/aromatic N) is 1. The summed E-state index contributed by atoms with van der Waals surface area (Å²) in [5.41, 5.74) is 0.258. The molecule has 0 aliphatic heterocycles. The molecule has 6 heteroatoms. The molecule has 78 valence electrons. The van der Waals surface area contributed by atoms with Crippen molar-refractivity contribution in [3.05, 3.63) is 21.8 Å². The number of ether oxygens (including phenoxy) is 1. The predicted octanol–water partition coefficient (Wildman–Crippen LogP) is 3.53. The topological polar surface area (TPSA) is 22.1 Å². The van der Waals surface area contributed by atoms with Gasteiger partial charge in [-0.05, 0) is 15.9 Å². The van der Waals surface area contributed by atoms with Crippen molar-refractivity contribution in [1.29, 1.82) is 0 Å². The van der Waals surface area contributed by atoms with E-state index in [0.29, 0.717) is 5.56 Å². The number of methoxy groups -OCH3 is 1. The maximum absolute atomic E-state index is 12.6. The first-order valence-electron chi connectivity index (χ1n) is 3.67. The van der Waals surface area contributed by atoms with Crippen molar-refractivity contribution in [2.24, 2.45) is 0 Å². The fourth-order valence-electron chi connectivity index (χ4n) is 0.975. The Hall–Kier alpha value is -0.420. The number of halogens is 4. The van der Waals surface area contributed by atoms with E-state index in [2.05, 4.69) is 20.9 Å². The number of hydrogen-bond donors (Lipinski definition) is 0. The molecule has 1 heterocycles. The quantitative estimate of drug-likeness (QED) is 0.793. The Labute approximate surface area is 93.4 Å². The second-order valence-corrected chi connectivity index (χ2v) is 3.51. The average molecular weight is 287 g/mol. The lowest BCUT2D eigenvalue weighted by Gasteiger charge is -2.10. The minimum atomic E-state index is -2.64. The van der Waals surface area contributed by atoms with Crippen LogP contribution in [0.4, 0.5) is 8.78 Å². The van der Waals surface area contributed by atoms with Crippen LogP contribution in [-0.4, -0.2) is 12.1 Å². The Kier molecular flexibility index (Phi) is 4.07. The summed E-state index contributed by atoms with van der Waals surface area (Å²) < 4.78 is 30.2. The minimum absolute atomic E-state index is 0.0826. The first-order valence-corrected chi connectivity index (χ1v) is 5.00. The second kappa shape index (κ2) is 4.89. The Bertz CT molecular complexity index is 335. The van der Waals surface area contributed by atoms with Gasteiger partial charge in [0.2, 0.25) is 5.88 Å². The highest BCUT2D eigenvalue weighted by atomic mass is 79.9. The van der Waals surface area contributed by atoms with Crippen LogP contribution in [0.3, 0.4) is 0 Å². The van der Waals surface area contributed by atoms with Crippen LogP contribution in [0.1, 0.15) is 17.6 Å². The van der Waals surface area contributed by atoms with Crippen molar-refractivity contribution in [3.8, 4) is 5.88 Å². The van der Waals surface area contributed by atoms with Gasteiger partial charge in [0.15, 0.2) is 0 Å². The number of pyridine rings is 1. The number of rotatable bonds is 3. The van der Waals surface area contributed by atoms with Crippen LogP contribution >= 0.6 is 27.5 Å². The van der Waals surface area contributed by atoms with Gasteiger partial charge in [0.05, 0.1) is 18.6 Å². The summed E-state index contributed by atoms with van der Waals surface area (Å²) in [6, 6.07) is 0. The van der Waals surface area contributed by atoms with E-state index in [0.717, 1.165) is 0 Å². The third kappa shape index (κ3) is 2.15. The summed E-state index contributed by atoms with van der Waals surface area (Å²) in [7, 11) is 1.29. The van der Waals surface area contributed by atoms with Crippen molar-refractivity contribution in [3.63, 3.8) is 0 Å². The van der Waals surface area contributed by atoms with Crippen LogP contribution < -0.4 is 4.74 Å². The number of aromatic nitrogens is 1. The lowest BCUT2D eigenvalue weighted by molar-refractivity contribution is 0.145. The van der Waals surface area contributed by atoms with E-state index in [1.807, 2.05) is 0 Å². The molecule has 0 N–H and O–H groups in total. The average Bonchev–Trinajstić information content (AvgIpc) is 2.16. The molecule has 0 amide bonds. The largest absolute Gasteiger partial charge is 0.481 e. The molecule has 0 aliphatic carbocycles. The van der Waals surface area contributed by atoms with Crippen LogP contribution in [0.25, 0.3) is 0 Å². The molecule has 1 aromatic heterocycles. The maximum Gasteiger partial charge on any atom is 0.270 e. The molecule has 14 heavy (non-hydrogen) atoms. The molecule has 1 rings (SSSR count). The van der Waals surface area contributed by atoms with Gasteiger partial charge in [-0.3, -0.25) is 0 Å². The van der Waals surface area contributed by atoms with E-state index in [-0.39, 0.29) is 21.8 Å². The lowest BCUT2D eigenvalue weighted by atomic mass is 10.2. The zero-order valence-electron chi connectivity index (χ0n) is 7.23. The zero-order valence-corrected chi connectivity index (χ0v) is 9.57. The second-order valence-electron chi connectivity index (χ2n) is 2.45. The third-order valence-corrected chi connectivity index (χ3v) is 2.87. The zero-order chi connectivity index (χ0) is 10.7. The Balaban J connectivity index is 3.31. The first-order chi connectivity index (χ1) is 6.61. The normalized spacial score (nSPS) is 10.7. The fourth-order valence-corrected chi connectivity index (χ4v) is 1.92. The van der Waals surface area contributed by atoms with Gasteiger partial charge < -0.3 is 4.74 Å². The van der Waals surface area contributed by atoms with E-state index in [4.69, 9.17) is 16.3 Å². The highest BCUT2D eigenvalue weighted by Gasteiger charge is 2.21. The molecule has 0 unspecified atom stereocenters. The van der Waals surface area contributed by atoms with Gasteiger partial charge in [-0.25, -0.2) is 13.8 Å². The molecule has 0 spiro atoms. The molecule has 0 bridgehead atoms. The molecular formula is C8H7BrClF2NO. The summed E-state index contributed by atoms with van der Waals surface area (Å²) in [5.74, 6) is 0.0397. The highest BCUT2D eigenvalue weighted by molar-refractivity contribution is 9.10.